The van der Waals surface area contributed by atoms with Crippen molar-refractivity contribution < 1.29 is 8.42 Å². The third-order valence-electron chi connectivity index (χ3n) is 2.92. The molecule has 1 aromatic carbocycles. The molecule has 0 fully saturated rings. The smallest absolute Gasteiger partial charge is 0.0973 e. The first kappa shape index (κ1) is 19.5. The van der Waals surface area contributed by atoms with E-state index >= 15 is 0 Å². The molecule has 0 spiro atoms. The first-order valence-corrected chi connectivity index (χ1v) is 9.69. The standard InChI is InChI=1S/C16H28N2O2S2/c1-15(2,3)21(19)17-11-13-8-7-9-14(10-13)12-18-22(20)16(4,5)6/h7-10,17-18H,11-12H2,1-6H3. The topological polar surface area (TPSA) is 58.2 Å². The van der Waals surface area contributed by atoms with E-state index in [0.717, 1.165) is 11.1 Å². The van der Waals surface area contributed by atoms with Crippen LogP contribution in [0.5, 0.6) is 0 Å². The van der Waals surface area contributed by atoms with Crippen molar-refractivity contribution in [2.24, 2.45) is 0 Å². The second-order valence-corrected chi connectivity index (χ2v) is 11.3. The van der Waals surface area contributed by atoms with Crippen LogP contribution >= 0.6 is 0 Å². The molecule has 1 aromatic rings. The van der Waals surface area contributed by atoms with Gasteiger partial charge in [0.25, 0.3) is 0 Å². The molecule has 0 aliphatic carbocycles. The Morgan fingerprint density at radius 2 is 1.18 bits per heavy atom. The summed E-state index contributed by atoms with van der Waals surface area (Å²) in [5, 5.41) is 0. The molecule has 0 saturated carbocycles. The predicted octanol–water partition coefficient (Wildman–Crippen LogP) is 2.79. The van der Waals surface area contributed by atoms with Crippen LogP contribution in [0.25, 0.3) is 0 Å². The molecular formula is C16H28N2O2S2. The molecule has 0 saturated heterocycles. The third kappa shape index (κ3) is 6.69. The molecule has 0 aliphatic rings. The Balaban J connectivity index is 2.60. The van der Waals surface area contributed by atoms with E-state index in [1.54, 1.807) is 0 Å². The number of rotatable bonds is 6. The van der Waals surface area contributed by atoms with Crippen LogP contribution in [0.1, 0.15) is 52.7 Å². The Bertz CT molecular complexity index is 501. The summed E-state index contributed by atoms with van der Waals surface area (Å²) in [5.41, 5.74) is 2.14. The second kappa shape index (κ2) is 7.81. The normalized spacial score (nSPS) is 15.5. The maximum absolute atomic E-state index is 12.0. The van der Waals surface area contributed by atoms with Crippen molar-refractivity contribution >= 4 is 22.0 Å². The van der Waals surface area contributed by atoms with Gasteiger partial charge in [-0.2, -0.15) is 0 Å². The van der Waals surface area contributed by atoms with Gasteiger partial charge in [-0.1, -0.05) is 24.3 Å². The lowest BCUT2D eigenvalue weighted by atomic mass is 10.1. The lowest BCUT2D eigenvalue weighted by molar-refractivity contribution is 0.634. The molecule has 0 radical (unpaired) electrons. The fraction of sp³-hybridized carbons (Fsp3) is 0.625. The van der Waals surface area contributed by atoms with E-state index < -0.39 is 22.0 Å². The maximum atomic E-state index is 12.0. The molecule has 0 amide bonds. The third-order valence-corrected chi connectivity index (χ3v) is 5.96. The summed E-state index contributed by atoms with van der Waals surface area (Å²) in [6.45, 7) is 12.8. The number of nitrogens with one attached hydrogen (secondary N) is 2. The predicted molar refractivity (Wildman–Crippen MR) is 95.9 cm³/mol. The Labute approximate surface area is 139 Å². The lowest BCUT2D eigenvalue weighted by Gasteiger charge is -2.19. The van der Waals surface area contributed by atoms with Gasteiger partial charge in [-0.15, -0.1) is 0 Å². The first-order valence-electron chi connectivity index (χ1n) is 7.39. The zero-order chi connectivity index (χ0) is 17.0. The minimum absolute atomic E-state index is 0.275. The van der Waals surface area contributed by atoms with Crippen LogP contribution in [0.3, 0.4) is 0 Å². The average Bonchev–Trinajstić information content (AvgIpc) is 2.40. The van der Waals surface area contributed by atoms with Crippen LogP contribution in [0, 0.1) is 0 Å². The van der Waals surface area contributed by atoms with E-state index in [9.17, 15) is 8.42 Å². The van der Waals surface area contributed by atoms with Gasteiger partial charge in [-0.25, -0.2) is 17.9 Å². The van der Waals surface area contributed by atoms with Crippen LogP contribution in [-0.2, 0) is 35.1 Å². The van der Waals surface area contributed by atoms with Crippen LogP contribution < -0.4 is 9.44 Å². The fourth-order valence-electron chi connectivity index (χ4n) is 1.58. The van der Waals surface area contributed by atoms with Gasteiger partial charge in [0.1, 0.15) is 0 Å². The van der Waals surface area contributed by atoms with Gasteiger partial charge < -0.3 is 0 Å². The van der Waals surface area contributed by atoms with Crippen LogP contribution in [0.15, 0.2) is 24.3 Å². The minimum Gasteiger partial charge on any atom is -0.242 e. The van der Waals surface area contributed by atoms with Crippen molar-refractivity contribution in [3.63, 3.8) is 0 Å². The van der Waals surface area contributed by atoms with Crippen molar-refractivity contribution in [3.05, 3.63) is 35.4 Å². The zero-order valence-corrected chi connectivity index (χ0v) is 16.0. The van der Waals surface area contributed by atoms with Crippen LogP contribution in [0.2, 0.25) is 0 Å². The Morgan fingerprint density at radius 1 is 0.818 bits per heavy atom. The van der Waals surface area contributed by atoms with E-state index in [1.807, 2.05) is 65.8 Å². The molecule has 126 valence electrons. The Hall–Kier alpha value is -0.560. The van der Waals surface area contributed by atoms with Crippen LogP contribution in [-0.4, -0.2) is 17.9 Å². The van der Waals surface area contributed by atoms with E-state index in [0.29, 0.717) is 13.1 Å². The van der Waals surface area contributed by atoms with E-state index in [4.69, 9.17) is 0 Å². The highest BCUT2D eigenvalue weighted by Gasteiger charge is 2.20. The van der Waals surface area contributed by atoms with Crippen molar-refractivity contribution in [3.8, 4) is 0 Å². The Kier molecular flexibility index (Phi) is 6.92. The number of hydrogen-bond donors (Lipinski definition) is 2. The van der Waals surface area contributed by atoms with Gasteiger partial charge >= 0.3 is 0 Å². The SMILES string of the molecule is CC(C)(C)S(=O)NCc1cccc(CNS(=O)C(C)(C)C)c1. The maximum Gasteiger partial charge on any atom is 0.0973 e. The van der Waals surface area contributed by atoms with Gasteiger partial charge in [-0.3, -0.25) is 0 Å². The van der Waals surface area contributed by atoms with Crippen molar-refractivity contribution in [1.82, 2.24) is 9.44 Å². The summed E-state index contributed by atoms with van der Waals surface area (Å²) >= 11 is 0. The van der Waals surface area contributed by atoms with Gasteiger partial charge in [0, 0.05) is 13.1 Å². The monoisotopic (exact) mass is 344 g/mol. The lowest BCUT2D eigenvalue weighted by Crippen LogP contribution is -2.33. The highest BCUT2D eigenvalue weighted by Crippen LogP contribution is 2.12. The number of hydrogen-bond acceptors (Lipinski definition) is 2. The molecule has 2 N–H and O–H groups in total. The Morgan fingerprint density at radius 3 is 1.50 bits per heavy atom. The molecule has 4 nitrogen and oxygen atoms in total. The highest BCUT2D eigenvalue weighted by molar-refractivity contribution is 7.84. The molecule has 0 heterocycles. The van der Waals surface area contributed by atoms with Crippen molar-refractivity contribution in [2.75, 3.05) is 0 Å². The largest absolute Gasteiger partial charge is 0.242 e. The molecule has 0 aromatic heterocycles. The van der Waals surface area contributed by atoms with Gasteiger partial charge in [0.15, 0.2) is 0 Å². The van der Waals surface area contributed by atoms with Crippen LogP contribution in [0.4, 0.5) is 0 Å². The molecular weight excluding hydrogens is 316 g/mol. The van der Waals surface area contributed by atoms with E-state index in [1.165, 1.54) is 0 Å². The summed E-state index contributed by atoms with van der Waals surface area (Å²) in [4.78, 5) is 0. The fourth-order valence-corrected chi connectivity index (χ4v) is 3.04. The summed E-state index contributed by atoms with van der Waals surface area (Å²) in [7, 11) is -2.16. The van der Waals surface area contributed by atoms with E-state index in [-0.39, 0.29) is 9.49 Å². The summed E-state index contributed by atoms with van der Waals surface area (Å²) in [6, 6.07) is 8.00. The molecule has 2 atom stereocenters. The first-order chi connectivity index (χ1) is 10.00. The number of benzene rings is 1. The highest BCUT2D eigenvalue weighted by atomic mass is 32.2. The van der Waals surface area contributed by atoms with Gasteiger partial charge in [0.2, 0.25) is 0 Å². The molecule has 0 bridgehead atoms. The van der Waals surface area contributed by atoms with Gasteiger partial charge in [-0.05, 0) is 52.7 Å². The molecule has 22 heavy (non-hydrogen) atoms. The van der Waals surface area contributed by atoms with Gasteiger partial charge in [0.05, 0.1) is 31.5 Å². The van der Waals surface area contributed by atoms with Crippen molar-refractivity contribution in [2.45, 2.75) is 64.1 Å². The molecule has 2 unspecified atom stereocenters. The molecule has 1 rings (SSSR count). The second-order valence-electron chi connectivity index (χ2n) is 7.22. The van der Waals surface area contributed by atoms with Crippen molar-refractivity contribution in [1.29, 1.82) is 0 Å². The summed E-state index contributed by atoms with van der Waals surface area (Å²) in [5.74, 6) is 0. The minimum atomic E-state index is -1.08. The summed E-state index contributed by atoms with van der Waals surface area (Å²) < 4.78 is 29.5. The molecule has 6 heteroatoms. The molecule has 0 aliphatic heterocycles. The average molecular weight is 345 g/mol. The quantitative estimate of drug-likeness (QED) is 0.834. The summed E-state index contributed by atoms with van der Waals surface area (Å²) in [6.07, 6.45) is 0. The zero-order valence-electron chi connectivity index (χ0n) is 14.4. The van der Waals surface area contributed by atoms with E-state index in [2.05, 4.69) is 9.44 Å².